The normalized spacial score (nSPS) is 37.5. The van der Waals surface area contributed by atoms with Gasteiger partial charge >= 0.3 is 5.97 Å². The van der Waals surface area contributed by atoms with Crippen molar-refractivity contribution in [2.45, 2.75) is 49.2 Å². The molecule has 3 aliphatic heterocycles. The number of morpholine rings is 1. The van der Waals surface area contributed by atoms with Crippen LogP contribution in [0.4, 0.5) is 0 Å². The summed E-state index contributed by atoms with van der Waals surface area (Å²) in [6.45, 7) is -0.226. The molecule has 0 aliphatic carbocycles. The van der Waals surface area contributed by atoms with Crippen molar-refractivity contribution in [3.8, 4) is 0 Å². The predicted molar refractivity (Wildman–Crippen MR) is 79.4 cm³/mol. The smallest absolute Gasteiger partial charge is 0.316 e. The number of benzene rings is 1. The summed E-state index contributed by atoms with van der Waals surface area (Å²) in [5, 5.41) is 9.56. The second-order valence-electron chi connectivity index (χ2n) is 6.54. The molecule has 0 saturated carbocycles. The van der Waals surface area contributed by atoms with E-state index in [0.717, 1.165) is 18.4 Å². The van der Waals surface area contributed by atoms with Crippen molar-refractivity contribution < 1.29 is 19.4 Å². The van der Waals surface area contributed by atoms with E-state index in [0.29, 0.717) is 24.3 Å². The van der Waals surface area contributed by atoms with Gasteiger partial charge in [0, 0.05) is 24.9 Å². The summed E-state index contributed by atoms with van der Waals surface area (Å²) in [6, 6.07) is 10.1. The van der Waals surface area contributed by atoms with E-state index in [2.05, 4.69) is 11.9 Å². The molecule has 2 bridgehead atoms. The number of hydrogen-bond donors (Lipinski definition) is 1. The van der Waals surface area contributed by atoms with E-state index in [1.165, 1.54) is 0 Å². The van der Waals surface area contributed by atoms with E-state index in [-0.39, 0.29) is 18.7 Å². The second kappa shape index (κ2) is 5.33. The standard InChI is InChI=1S/C17H21NO4/c1-18-13-7-11(8-14(18)16-15(13)22-16)21-17(20)12(9-19)10-5-3-2-4-6-10/h2-6,11-16,19H,7-9H2,1H3/t11?,12-,13-,14+,15-,16+/m1/s1/i17+2. The monoisotopic (exact) mass is 305 g/mol. The number of ether oxygens (including phenoxy) is 2. The molecule has 5 nitrogen and oxygen atoms in total. The maximum absolute atomic E-state index is 12.4. The number of carbonyl (C=O) groups excluding carboxylic acids is 1. The topological polar surface area (TPSA) is 62.3 Å². The van der Waals surface area contributed by atoms with Gasteiger partial charge in [-0.25, -0.2) is 0 Å². The minimum Gasteiger partial charge on any atom is -0.462 e. The van der Waals surface area contributed by atoms with Crippen LogP contribution in [-0.4, -0.2) is 60.0 Å². The first-order valence-corrected chi connectivity index (χ1v) is 7.92. The lowest BCUT2D eigenvalue weighted by atomic mass is 9.99. The molecule has 0 aromatic heterocycles. The average molecular weight is 305 g/mol. The number of hydrogen-bond acceptors (Lipinski definition) is 5. The molecule has 3 fully saturated rings. The number of piperidine rings is 1. The van der Waals surface area contributed by atoms with Crippen LogP contribution in [0.5, 0.6) is 0 Å². The number of aliphatic hydroxyl groups excluding tert-OH is 1. The molecule has 5 heteroatoms. The quantitative estimate of drug-likeness (QED) is 0.662. The zero-order valence-electron chi connectivity index (χ0n) is 12.6. The predicted octanol–water partition coefficient (Wildman–Crippen LogP) is 0.918. The van der Waals surface area contributed by atoms with Crippen LogP contribution in [0.2, 0.25) is 0 Å². The molecule has 1 N–H and O–H groups in total. The Morgan fingerprint density at radius 1 is 1.32 bits per heavy atom. The Morgan fingerprint density at radius 2 is 1.95 bits per heavy atom. The summed E-state index contributed by atoms with van der Waals surface area (Å²) in [4.78, 5) is 14.8. The summed E-state index contributed by atoms with van der Waals surface area (Å²) in [5.41, 5.74) is 0.803. The molecule has 118 valence electrons. The molecule has 1 aromatic carbocycles. The van der Waals surface area contributed by atoms with E-state index < -0.39 is 5.92 Å². The van der Waals surface area contributed by atoms with E-state index in [9.17, 15) is 9.90 Å². The van der Waals surface area contributed by atoms with E-state index >= 15 is 0 Å². The number of aliphatic hydroxyl groups is 1. The molecular formula is C17H21NO4. The number of rotatable bonds is 4. The first-order valence-electron chi connectivity index (χ1n) is 7.92. The molecule has 0 radical (unpaired) electrons. The van der Waals surface area contributed by atoms with Gasteiger partial charge in [-0.15, -0.1) is 0 Å². The third kappa shape index (κ3) is 2.24. The number of nitrogens with zero attached hydrogens (tertiary/aromatic N) is 1. The van der Waals surface area contributed by atoms with Gasteiger partial charge in [-0.05, 0) is 12.6 Å². The minimum atomic E-state index is -0.593. The highest BCUT2D eigenvalue weighted by Crippen LogP contribution is 2.48. The Bertz CT molecular complexity index is 545. The molecule has 22 heavy (non-hydrogen) atoms. The highest BCUT2D eigenvalue weighted by atomic mass is 16.8. The number of esters is 1. The fraction of sp³-hybridized carbons (Fsp3) is 0.588. The van der Waals surface area contributed by atoms with Crippen LogP contribution >= 0.6 is 0 Å². The highest BCUT2D eigenvalue weighted by Gasteiger charge is 2.62. The maximum Gasteiger partial charge on any atom is 0.316 e. The van der Waals surface area contributed by atoms with E-state index in [4.69, 9.17) is 9.47 Å². The Labute approximate surface area is 129 Å². The molecule has 1 aromatic rings. The van der Waals surface area contributed by atoms with Crippen LogP contribution in [0.15, 0.2) is 30.3 Å². The van der Waals surface area contributed by atoms with Gasteiger partial charge in [0.2, 0.25) is 0 Å². The third-order valence-corrected chi connectivity index (χ3v) is 5.33. The van der Waals surface area contributed by atoms with Gasteiger partial charge in [0.25, 0.3) is 0 Å². The zero-order valence-corrected chi connectivity index (χ0v) is 12.6. The van der Waals surface area contributed by atoms with Crippen molar-refractivity contribution in [2.75, 3.05) is 13.7 Å². The average Bonchev–Trinajstić information content (AvgIpc) is 3.27. The Balaban J connectivity index is 1.42. The van der Waals surface area contributed by atoms with Crippen LogP contribution in [0.3, 0.4) is 0 Å². The lowest BCUT2D eigenvalue weighted by molar-refractivity contribution is -0.156. The van der Waals surface area contributed by atoms with Crippen LogP contribution in [-0.2, 0) is 14.3 Å². The number of fused-ring (bicyclic) bond motifs is 5. The highest BCUT2D eigenvalue weighted by molar-refractivity contribution is 5.78. The van der Waals surface area contributed by atoms with Crippen molar-refractivity contribution in [2.24, 2.45) is 0 Å². The van der Waals surface area contributed by atoms with Crippen molar-refractivity contribution in [3.63, 3.8) is 0 Å². The van der Waals surface area contributed by atoms with Crippen molar-refractivity contribution in [3.05, 3.63) is 35.9 Å². The van der Waals surface area contributed by atoms with Gasteiger partial charge in [-0.2, -0.15) is 0 Å². The summed E-state index contributed by atoms with van der Waals surface area (Å²) < 4.78 is 11.4. The zero-order chi connectivity index (χ0) is 15.3. The van der Waals surface area contributed by atoms with Gasteiger partial charge in [-0.3, -0.25) is 9.69 Å². The van der Waals surface area contributed by atoms with Crippen LogP contribution in [0.25, 0.3) is 0 Å². The maximum atomic E-state index is 12.4. The molecule has 4 rings (SSSR count). The lowest BCUT2D eigenvalue weighted by Crippen LogP contribution is -2.48. The van der Waals surface area contributed by atoms with Crippen LogP contribution < -0.4 is 0 Å². The lowest BCUT2D eigenvalue weighted by Gasteiger charge is -2.38. The van der Waals surface area contributed by atoms with E-state index in [1.54, 1.807) is 0 Å². The molecule has 0 amide bonds. The molecule has 3 saturated heterocycles. The number of likely N-dealkylation sites (N-methyl/N-ethyl adjacent to an activating group) is 1. The first kappa shape index (κ1) is 14.2. The first-order chi connectivity index (χ1) is 10.7. The molecule has 0 spiro atoms. The number of carbonyl (C=O) groups is 1. The largest absolute Gasteiger partial charge is 0.462 e. The van der Waals surface area contributed by atoms with E-state index in [1.807, 2.05) is 30.3 Å². The van der Waals surface area contributed by atoms with Crippen LogP contribution in [0.1, 0.15) is 24.3 Å². The molecule has 1 unspecified atom stereocenters. The number of epoxide rings is 1. The molecular weight excluding hydrogens is 284 g/mol. The molecule has 3 aliphatic rings. The summed E-state index contributed by atoms with van der Waals surface area (Å²) in [5.74, 6) is -0.915. The fourth-order valence-electron chi connectivity index (χ4n) is 4.04. The third-order valence-electron chi connectivity index (χ3n) is 5.33. The fourth-order valence-corrected chi connectivity index (χ4v) is 4.04. The SMILES string of the molecule is CN1[C@@H]2CC(O[14C](=O)[C@H](CO)c3ccccc3)C[C@H]1[C@@H]1O[C@@H]12. The van der Waals surface area contributed by atoms with Crippen molar-refractivity contribution >= 4 is 5.97 Å². The van der Waals surface area contributed by atoms with Gasteiger partial charge < -0.3 is 14.6 Å². The summed E-state index contributed by atoms with van der Waals surface area (Å²) in [7, 11) is 2.13. The van der Waals surface area contributed by atoms with Gasteiger partial charge in [0.05, 0.1) is 6.61 Å². The molecule has 3 heterocycles. The summed E-state index contributed by atoms with van der Waals surface area (Å²) in [6.07, 6.45) is 2.26. The van der Waals surface area contributed by atoms with Crippen LogP contribution in [0, 0.1) is 0 Å². The molecule has 6 atom stereocenters. The Morgan fingerprint density at radius 3 is 2.55 bits per heavy atom. The second-order valence-corrected chi connectivity index (χ2v) is 6.54. The Hall–Kier alpha value is -1.43. The van der Waals surface area contributed by atoms with Gasteiger partial charge in [0.15, 0.2) is 0 Å². The van der Waals surface area contributed by atoms with Crippen molar-refractivity contribution in [1.82, 2.24) is 4.90 Å². The van der Waals surface area contributed by atoms with Crippen molar-refractivity contribution in [1.29, 1.82) is 0 Å². The minimum absolute atomic E-state index is 0.0622. The van der Waals surface area contributed by atoms with Gasteiger partial charge in [0.1, 0.15) is 24.2 Å². The summed E-state index contributed by atoms with van der Waals surface area (Å²) >= 11 is 0. The van der Waals surface area contributed by atoms with Gasteiger partial charge in [-0.1, -0.05) is 30.3 Å². The Kier molecular flexibility index (Phi) is 3.44.